The van der Waals surface area contributed by atoms with Gasteiger partial charge in [0.1, 0.15) is 11.6 Å². The first-order valence-corrected chi connectivity index (χ1v) is 8.09. The van der Waals surface area contributed by atoms with Crippen LogP contribution < -0.4 is 0 Å². The normalized spacial score (nSPS) is 12.0. The number of amides is 1. The largest absolute Gasteiger partial charge is 0.341 e. The molecule has 0 fully saturated rings. The van der Waals surface area contributed by atoms with Gasteiger partial charge in [0.05, 0.1) is 0 Å². The predicted octanol–water partition coefficient (Wildman–Crippen LogP) is 4.56. The molecule has 0 bridgehead atoms. The smallest absolute Gasteiger partial charge is 0.225 e. The molecule has 0 aliphatic carbocycles. The Labute approximate surface area is 143 Å². The summed E-state index contributed by atoms with van der Waals surface area (Å²) in [6.45, 7) is 1.98. The lowest BCUT2D eigenvalue weighted by atomic mass is 9.99. The van der Waals surface area contributed by atoms with E-state index in [9.17, 15) is 13.6 Å². The molecule has 0 heterocycles. The zero-order chi connectivity index (χ0) is 17.0. The van der Waals surface area contributed by atoms with E-state index in [1.807, 2.05) is 0 Å². The number of rotatable bonds is 5. The monoisotopic (exact) mass is 381 g/mol. The zero-order valence-electron chi connectivity index (χ0n) is 13.0. The fourth-order valence-corrected chi connectivity index (χ4v) is 2.89. The van der Waals surface area contributed by atoms with Crippen LogP contribution in [0.4, 0.5) is 8.78 Å². The van der Waals surface area contributed by atoms with E-state index in [-0.39, 0.29) is 30.0 Å². The van der Waals surface area contributed by atoms with Crippen molar-refractivity contribution in [3.8, 4) is 0 Å². The summed E-state index contributed by atoms with van der Waals surface area (Å²) in [5, 5.41) is 0. The quantitative estimate of drug-likeness (QED) is 0.742. The van der Waals surface area contributed by atoms with Gasteiger partial charge < -0.3 is 4.90 Å². The van der Waals surface area contributed by atoms with E-state index < -0.39 is 0 Å². The van der Waals surface area contributed by atoms with Crippen molar-refractivity contribution in [2.45, 2.75) is 19.9 Å². The number of halogens is 3. The Kier molecular flexibility index (Phi) is 5.88. The molecule has 2 nitrogen and oxygen atoms in total. The van der Waals surface area contributed by atoms with Gasteiger partial charge in [0.15, 0.2) is 0 Å². The molecule has 0 aromatic heterocycles. The molecule has 1 atom stereocenters. The van der Waals surface area contributed by atoms with Gasteiger partial charge in [-0.15, -0.1) is 0 Å². The van der Waals surface area contributed by atoms with Crippen LogP contribution in [0.25, 0.3) is 0 Å². The molecule has 0 N–H and O–H groups in total. The minimum Gasteiger partial charge on any atom is -0.341 e. The molecule has 23 heavy (non-hydrogen) atoms. The SMILES string of the molecule is CC(Cc1cccc(F)c1)C(=O)N(C)Cc1cc(Br)ccc1F. The second-order valence-electron chi connectivity index (χ2n) is 5.67. The summed E-state index contributed by atoms with van der Waals surface area (Å²) < 4.78 is 27.8. The van der Waals surface area contributed by atoms with E-state index in [1.54, 1.807) is 38.2 Å². The minimum absolute atomic E-state index is 0.103. The summed E-state index contributed by atoms with van der Waals surface area (Å²) in [5.74, 6) is -1.07. The van der Waals surface area contributed by atoms with E-state index in [1.165, 1.54) is 23.1 Å². The predicted molar refractivity (Wildman–Crippen MR) is 89.8 cm³/mol. The van der Waals surface area contributed by atoms with Gasteiger partial charge in [0, 0.05) is 29.5 Å². The van der Waals surface area contributed by atoms with Gasteiger partial charge in [0.2, 0.25) is 5.91 Å². The third-order valence-corrected chi connectivity index (χ3v) is 4.14. The average molecular weight is 382 g/mol. The van der Waals surface area contributed by atoms with Crippen molar-refractivity contribution >= 4 is 21.8 Å². The fourth-order valence-electron chi connectivity index (χ4n) is 2.48. The maximum atomic E-state index is 13.8. The minimum atomic E-state index is -0.342. The van der Waals surface area contributed by atoms with Gasteiger partial charge in [-0.25, -0.2) is 8.78 Å². The van der Waals surface area contributed by atoms with Crippen LogP contribution in [-0.2, 0) is 17.8 Å². The molecule has 0 saturated heterocycles. The summed E-state index contributed by atoms with van der Waals surface area (Å²) in [4.78, 5) is 13.9. The van der Waals surface area contributed by atoms with Gasteiger partial charge in [-0.2, -0.15) is 0 Å². The van der Waals surface area contributed by atoms with Crippen LogP contribution in [0, 0.1) is 17.6 Å². The van der Waals surface area contributed by atoms with Gasteiger partial charge in [0.25, 0.3) is 0 Å². The number of carbonyl (C=O) groups excluding carboxylic acids is 1. The Morgan fingerprint density at radius 1 is 1.22 bits per heavy atom. The first-order chi connectivity index (χ1) is 10.9. The van der Waals surface area contributed by atoms with Gasteiger partial charge in [-0.3, -0.25) is 4.79 Å². The lowest BCUT2D eigenvalue weighted by molar-refractivity contribution is -0.134. The molecule has 2 rings (SSSR count). The number of nitrogens with zero attached hydrogens (tertiary/aromatic N) is 1. The van der Waals surface area contributed by atoms with Crippen LogP contribution in [0.3, 0.4) is 0 Å². The van der Waals surface area contributed by atoms with E-state index in [4.69, 9.17) is 0 Å². The van der Waals surface area contributed by atoms with Crippen molar-refractivity contribution in [2.75, 3.05) is 7.05 Å². The first kappa shape index (κ1) is 17.6. The third kappa shape index (κ3) is 4.86. The number of carbonyl (C=O) groups is 1. The lowest BCUT2D eigenvalue weighted by Gasteiger charge is -2.22. The first-order valence-electron chi connectivity index (χ1n) is 7.30. The molecule has 0 saturated carbocycles. The van der Waals surface area contributed by atoms with Crippen LogP contribution in [-0.4, -0.2) is 17.9 Å². The van der Waals surface area contributed by atoms with Crippen molar-refractivity contribution in [1.82, 2.24) is 4.90 Å². The van der Waals surface area contributed by atoms with Crippen molar-refractivity contribution < 1.29 is 13.6 Å². The topological polar surface area (TPSA) is 20.3 Å². The van der Waals surface area contributed by atoms with E-state index >= 15 is 0 Å². The maximum Gasteiger partial charge on any atom is 0.225 e. The van der Waals surface area contributed by atoms with Crippen LogP contribution in [0.2, 0.25) is 0 Å². The number of benzene rings is 2. The molecule has 0 radical (unpaired) electrons. The molecule has 2 aromatic rings. The molecular weight excluding hydrogens is 364 g/mol. The fraction of sp³-hybridized carbons (Fsp3) is 0.278. The van der Waals surface area contributed by atoms with Crippen LogP contribution in [0.1, 0.15) is 18.1 Å². The second kappa shape index (κ2) is 7.68. The van der Waals surface area contributed by atoms with Crippen molar-refractivity contribution in [3.63, 3.8) is 0 Å². The van der Waals surface area contributed by atoms with Gasteiger partial charge >= 0.3 is 0 Å². The third-order valence-electron chi connectivity index (χ3n) is 3.64. The van der Waals surface area contributed by atoms with E-state index in [2.05, 4.69) is 15.9 Å². The van der Waals surface area contributed by atoms with Gasteiger partial charge in [-0.05, 0) is 42.3 Å². The summed E-state index contributed by atoms with van der Waals surface area (Å²) in [6.07, 6.45) is 0.446. The van der Waals surface area contributed by atoms with Crippen LogP contribution >= 0.6 is 15.9 Å². The summed E-state index contributed by atoms with van der Waals surface area (Å²) in [7, 11) is 1.64. The Morgan fingerprint density at radius 3 is 2.65 bits per heavy atom. The summed E-state index contributed by atoms with van der Waals surface area (Å²) >= 11 is 3.30. The molecule has 1 unspecified atom stereocenters. The Bertz CT molecular complexity index is 705. The Balaban J connectivity index is 2.02. The molecule has 0 spiro atoms. The summed E-state index contributed by atoms with van der Waals surface area (Å²) in [5.41, 5.74) is 1.22. The molecule has 1 amide bonds. The molecule has 0 aliphatic rings. The molecule has 5 heteroatoms. The van der Waals surface area contributed by atoms with Crippen molar-refractivity contribution in [2.24, 2.45) is 5.92 Å². The lowest BCUT2D eigenvalue weighted by Crippen LogP contribution is -2.32. The maximum absolute atomic E-state index is 13.8. The Morgan fingerprint density at radius 2 is 1.96 bits per heavy atom. The number of hydrogen-bond donors (Lipinski definition) is 0. The standard InChI is InChI=1S/C18H18BrF2NO/c1-12(8-13-4-3-5-16(20)9-13)18(23)22(2)11-14-10-15(19)6-7-17(14)21/h3-7,9-10,12H,8,11H2,1-2H3. The van der Waals surface area contributed by atoms with E-state index in [0.29, 0.717) is 12.0 Å². The highest BCUT2D eigenvalue weighted by Crippen LogP contribution is 2.18. The van der Waals surface area contributed by atoms with E-state index in [0.717, 1.165) is 10.0 Å². The molecule has 122 valence electrons. The van der Waals surface area contributed by atoms with Crippen molar-refractivity contribution in [3.05, 3.63) is 69.7 Å². The highest BCUT2D eigenvalue weighted by atomic mass is 79.9. The Hall–Kier alpha value is -1.75. The highest BCUT2D eigenvalue weighted by molar-refractivity contribution is 9.10. The highest BCUT2D eigenvalue weighted by Gasteiger charge is 2.19. The number of hydrogen-bond acceptors (Lipinski definition) is 1. The second-order valence-corrected chi connectivity index (χ2v) is 6.58. The van der Waals surface area contributed by atoms with Crippen LogP contribution in [0.5, 0.6) is 0 Å². The average Bonchev–Trinajstić information content (AvgIpc) is 2.50. The molecule has 0 aliphatic heterocycles. The van der Waals surface area contributed by atoms with Crippen LogP contribution in [0.15, 0.2) is 46.9 Å². The zero-order valence-corrected chi connectivity index (χ0v) is 14.6. The molecule has 2 aromatic carbocycles. The summed E-state index contributed by atoms with van der Waals surface area (Å²) in [6, 6.07) is 10.9. The van der Waals surface area contributed by atoms with Gasteiger partial charge in [-0.1, -0.05) is 35.0 Å². The molecular formula is C18H18BrF2NO. The van der Waals surface area contributed by atoms with Crippen molar-refractivity contribution in [1.29, 1.82) is 0 Å².